The van der Waals surface area contributed by atoms with Gasteiger partial charge >= 0.3 is 0 Å². The van der Waals surface area contributed by atoms with E-state index in [9.17, 15) is 0 Å². The Hall–Kier alpha value is -2.50. The molecule has 1 saturated heterocycles. The summed E-state index contributed by atoms with van der Waals surface area (Å²) in [7, 11) is 0. The molecule has 0 N–H and O–H groups in total. The van der Waals surface area contributed by atoms with Crippen molar-refractivity contribution in [1.82, 2.24) is 24.6 Å². The average molecular weight is 361 g/mol. The second kappa shape index (κ2) is 8.46. The van der Waals surface area contributed by atoms with Gasteiger partial charge in [0.05, 0.1) is 11.4 Å². The molecule has 0 spiro atoms. The molecular formula is C22H27N5. The third-order valence-corrected chi connectivity index (χ3v) is 5.25. The number of benzene rings is 1. The van der Waals surface area contributed by atoms with Gasteiger partial charge in [-0.1, -0.05) is 18.2 Å². The van der Waals surface area contributed by atoms with Crippen LogP contribution in [-0.2, 0) is 13.1 Å². The molecule has 0 radical (unpaired) electrons. The van der Waals surface area contributed by atoms with Crippen molar-refractivity contribution in [2.24, 2.45) is 0 Å². The molecule has 3 heterocycles. The molecule has 0 aliphatic carbocycles. The molecule has 1 aliphatic heterocycles. The highest BCUT2D eigenvalue weighted by molar-refractivity contribution is 5.32. The molecule has 5 heteroatoms. The van der Waals surface area contributed by atoms with E-state index in [1.54, 1.807) is 0 Å². The first-order valence-corrected chi connectivity index (χ1v) is 9.72. The summed E-state index contributed by atoms with van der Waals surface area (Å²) in [6.45, 7) is 8.60. The first-order valence-electron chi connectivity index (χ1n) is 9.72. The second-order valence-corrected chi connectivity index (χ2v) is 7.28. The minimum atomic E-state index is 0.974. The van der Waals surface area contributed by atoms with Gasteiger partial charge in [0.25, 0.3) is 0 Å². The number of hydrogen-bond donors (Lipinski definition) is 0. The SMILES string of the molecule is Cc1nn(-c2ccccc2)cc1CN1CCCN(Cc2ccncc2)CC1. The Bertz CT molecular complexity index is 844. The summed E-state index contributed by atoms with van der Waals surface area (Å²) in [5.41, 5.74) is 4.91. The van der Waals surface area contributed by atoms with Gasteiger partial charge in [0.15, 0.2) is 0 Å². The zero-order valence-electron chi connectivity index (χ0n) is 16.0. The van der Waals surface area contributed by atoms with E-state index in [0.717, 1.165) is 50.6 Å². The van der Waals surface area contributed by atoms with Crippen LogP contribution in [0.15, 0.2) is 61.1 Å². The summed E-state index contributed by atoms with van der Waals surface area (Å²) in [4.78, 5) is 9.23. The monoisotopic (exact) mass is 361 g/mol. The lowest BCUT2D eigenvalue weighted by Crippen LogP contribution is -2.30. The zero-order valence-corrected chi connectivity index (χ0v) is 16.0. The van der Waals surface area contributed by atoms with E-state index in [2.05, 4.69) is 64.3 Å². The van der Waals surface area contributed by atoms with Crippen LogP contribution in [0, 0.1) is 6.92 Å². The van der Waals surface area contributed by atoms with E-state index >= 15 is 0 Å². The topological polar surface area (TPSA) is 37.2 Å². The van der Waals surface area contributed by atoms with E-state index in [0.29, 0.717) is 0 Å². The van der Waals surface area contributed by atoms with Crippen molar-refractivity contribution in [3.63, 3.8) is 0 Å². The number of rotatable bonds is 5. The third kappa shape index (κ3) is 4.62. The Kier molecular flexibility index (Phi) is 5.61. The van der Waals surface area contributed by atoms with Crippen LogP contribution in [0.4, 0.5) is 0 Å². The van der Waals surface area contributed by atoms with Gasteiger partial charge in [-0.25, -0.2) is 4.68 Å². The molecule has 1 fully saturated rings. The summed E-state index contributed by atoms with van der Waals surface area (Å²) in [6.07, 6.45) is 7.15. The van der Waals surface area contributed by atoms with E-state index in [4.69, 9.17) is 5.10 Å². The van der Waals surface area contributed by atoms with E-state index < -0.39 is 0 Å². The Labute approximate surface area is 161 Å². The minimum Gasteiger partial charge on any atom is -0.298 e. The van der Waals surface area contributed by atoms with Crippen LogP contribution in [0.1, 0.15) is 23.2 Å². The number of nitrogens with zero attached hydrogens (tertiary/aromatic N) is 5. The first-order chi connectivity index (χ1) is 13.3. The van der Waals surface area contributed by atoms with Crippen molar-refractivity contribution in [3.05, 3.63) is 77.9 Å². The standard InChI is InChI=1S/C22H27N5/c1-19-21(18-27(24-19)22-6-3-2-4-7-22)17-26-13-5-12-25(14-15-26)16-20-8-10-23-11-9-20/h2-4,6-11,18H,5,12-17H2,1H3. The first kappa shape index (κ1) is 17.9. The maximum absolute atomic E-state index is 4.71. The van der Waals surface area contributed by atoms with E-state index in [1.165, 1.54) is 17.5 Å². The molecule has 4 rings (SSSR count). The number of pyridine rings is 1. The zero-order chi connectivity index (χ0) is 18.5. The second-order valence-electron chi connectivity index (χ2n) is 7.28. The van der Waals surface area contributed by atoms with Gasteiger partial charge in [0.2, 0.25) is 0 Å². The van der Waals surface area contributed by atoms with Crippen molar-refractivity contribution in [2.45, 2.75) is 26.4 Å². The van der Waals surface area contributed by atoms with Gasteiger partial charge in [-0.3, -0.25) is 14.8 Å². The van der Waals surface area contributed by atoms with E-state index in [1.807, 2.05) is 23.1 Å². The van der Waals surface area contributed by atoms with E-state index in [-0.39, 0.29) is 0 Å². The number of aromatic nitrogens is 3. The molecule has 0 unspecified atom stereocenters. The Balaban J connectivity index is 1.37. The predicted octanol–water partition coefficient (Wildman–Crippen LogP) is 3.28. The van der Waals surface area contributed by atoms with Gasteiger partial charge in [0, 0.05) is 50.3 Å². The fourth-order valence-electron chi connectivity index (χ4n) is 3.69. The van der Waals surface area contributed by atoms with Gasteiger partial charge in [-0.05, 0) is 56.3 Å². The van der Waals surface area contributed by atoms with Crippen molar-refractivity contribution < 1.29 is 0 Å². The largest absolute Gasteiger partial charge is 0.298 e. The fraction of sp³-hybridized carbons (Fsp3) is 0.364. The van der Waals surface area contributed by atoms with Crippen molar-refractivity contribution in [2.75, 3.05) is 26.2 Å². The molecule has 0 bridgehead atoms. The molecule has 27 heavy (non-hydrogen) atoms. The molecule has 1 aliphatic rings. The lowest BCUT2D eigenvalue weighted by Gasteiger charge is -2.21. The lowest BCUT2D eigenvalue weighted by atomic mass is 10.2. The summed E-state index contributed by atoms with van der Waals surface area (Å²) < 4.78 is 2.00. The molecule has 2 aromatic heterocycles. The predicted molar refractivity (Wildman–Crippen MR) is 108 cm³/mol. The van der Waals surface area contributed by atoms with Gasteiger partial charge in [-0.15, -0.1) is 0 Å². The summed E-state index contributed by atoms with van der Waals surface area (Å²) in [5, 5.41) is 4.71. The number of aryl methyl sites for hydroxylation is 1. The highest BCUT2D eigenvalue weighted by Crippen LogP contribution is 2.16. The molecular weight excluding hydrogens is 334 g/mol. The van der Waals surface area contributed by atoms with Crippen molar-refractivity contribution in [3.8, 4) is 5.69 Å². The summed E-state index contributed by atoms with van der Waals surface area (Å²) in [6, 6.07) is 14.6. The average Bonchev–Trinajstić information content (AvgIpc) is 2.92. The molecule has 0 amide bonds. The van der Waals surface area contributed by atoms with Crippen LogP contribution >= 0.6 is 0 Å². The third-order valence-electron chi connectivity index (χ3n) is 5.25. The Morgan fingerprint density at radius 3 is 2.30 bits per heavy atom. The van der Waals surface area contributed by atoms with Gasteiger partial charge < -0.3 is 0 Å². The highest BCUT2D eigenvalue weighted by atomic mass is 15.3. The molecule has 5 nitrogen and oxygen atoms in total. The molecule has 0 saturated carbocycles. The van der Waals surface area contributed by atoms with Gasteiger partial charge in [0.1, 0.15) is 0 Å². The Morgan fingerprint density at radius 2 is 1.56 bits per heavy atom. The lowest BCUT2D eigenvalue weighted by molar-refractivity contribution is 0.247. The molecule has 3 aromatic rings. The van der Waals surface area contributed by atoms with Crippen molar-refractivity contribution >= 4 is 0 Å². The Morgan fingerprint density at radius 1 is 0.852 bits per heavy atom. The molecule has 0 atom stereocenters. The minimum absolute atomic E-state index is 0.974. The quantitative estimate of drug-likeness (QED) is 0.699. The van der Waals surface area contributed by atoms with Crippen LogP contribution in [0.2, 0.25) is 0 Å². The maximum atomic E-state index is 4.71. The normalized spacial score (nSPS) is 16.3. The van der Waals surface area contributed by atoms with Crippen molar-refractivity contribution in [1.29, 1.82) is 0 Å². The summed E-state index contributed by atoms with van der Waals surface area (Å²) >= 11 is 0. The molecule has 140 valence electrons. The highest BCUT2D eigenvalue weighted by Gasteiger charge is 2.17. The number of hydrogen-bond acceptors (Lipinski definition) is 4. The smallest absolute Gasteiger partial charge is 0.0645 e. The van der Waals surface area contributed by atoms with Crippen LogP contribution in [0.25, 0.3) is 5.69 Å². The van der Waals surface area contributed by atoms with Gasteiger partial charge in [-0.2, -0.15) is 5.10 Å². The fourth-order valence-corrected chi connectivity index (χ4v) is 3.69. The number of para-hydroxylation sites is 1. The van der Waals surface area contributed by atoms with Crippen LogP contribution in [-0.4, -0.2) is 50.7 Å². The molecule has 1 aromatic carbocycles. The summed E-state index contributed by atoms with van der Waals surface area (Å²) in [5.74, 6) is 0. The van der Waals surface area contributed by atoms with Crippen LogP contribution in [0.5, 0.6) is 0 Å². The van der Waals surface area contributed by atoms with Crippen LogP contribution in [0.3, 0.4) is 0 Å². The maximum Gasteiger partial charge on any atom is 0.0645 e. The van der Waals surface area contributed by atoms with Crippen LogP contribution < -0.4 is 0 Å².